The van der Waals surface area contributed by atoms with E-state index in [1.54, 1.807) is 18.7 Å². The van der Waals surface area contributed by atoms with Crippen LogP contribution in [0.2, 0.25) is 0 Å². The average Bonchev–Trinajstić information content (AvgIpc) is 3.57. The topological polar surface area (TPSA) is 111 Å². The molecule has 6 rings (SSSR count). The van der Waals surface area contributed by atoms with Crippen molar-refractivity contribution < 1.29 is 17.9 Å². The smallest absolute Gasteiger partial charge is 0.225 e. The van der Waals surface area contributed by atoms with Gasteiger partial charge in [-0.1, -0.05) is 6.92 Å². The van der Waals surface area contributed by atoms with Crippen LogP contribution in [0.1, 0.15) is 37.1 Å². The molecular weight excluding hydrogens is 523 g/mol. The summed E-state index contributed by atoms with van der Waals surface area (Å²) < 4.78 is 49.3. The number of ether oxygens (including phenoxy) is 1. The molecule has 2 saturated heterocycles. The van der Waals surface area contributed by atoms with Gasteiger partial charge in [-0.15, -0.1) is 10.2 Å². The minimum Gasteiger partial charge on any atom is -0.490 e. The van der Waals surface area contributed by atoms with Crippen molar-refractivity contribution in [3.05, 3.63) is 65.8 Å². The molecule has 0 radical (unpaired) electrons. The quantitative estimate of drug-likeness (QED) is 0.345. The van der Waals surface area contributed by atoms with E-state index in [0.29, 0.717) is 43.4 Å². The van der Waals surface area contributed by atoms with Crippen LogP contribution in [0.15, 0.2) is 36.9 Å². The minimum absolute atomic E-state index is 0.0559. The Balaban J connectivity index is 1.01. The molecule has 13 heteroatoms. The first-order valence-electron chi connectivity index (χ1n) is 13.4. The lowest BCUT2D eigenvalue weighted by molar-refractivity contribution is 0.221. The number of nitrogens with zero attached hydrogens (tertiary/aromatic N) is 8. The third-order valence-electron chi connectivity index (χ3n) is 7.80. The highest BCUT2D eigenvalue weighted by atomic mass is 19.2. The predicted octanol–water partition coefficient (Wildman–Crippen LogP) is 3.12. The first-order valence-corrected chi connectivity index (χ1v) is 13.4. The maximum Gasteiger partial charge on any atom is 0.225 e. The Morgan fingerprint density at radius 2 is 1.68 bits per heavy atom. The molecule has 2 fully saturated rings. The lowest BCUT2D eigenvalue weighted by Gasteiger charge is -2.32. The van der Waals surface area contributed by atoms with Crippen molar-refractivity contribution >= 4 is 17.4 Å². The number of piperidine rings is 1. The Hall–Kier alpha value is -4.00. The highest BCUT2D eigenvalue weighted by molar-refractivity contribution is 5.51. The number of halogens is 3. The molecule has 5 heterocycles. The lowest BCUT2D eigenvalue weighted by Crippen LogP contribution is -2.36. The van der Waals surface area contributed by atoms with Gasteiger partial charge in [0.25, 0.3) is 0 Å². The zero-order chi connectivity index (χ0) is 27.8. The van der Waals surface area contributed by atoms with Crippen LogP contribution in [0, 0.1) is 23.4 Å². The number of rotatable bonds is 7. The Labute approximate surface area is 229 Å². The fourth-order valence-corrected chi connectivity index (χ4v) is 5.48. The number of fused-ring (bicyclic) bond motifs is 1. The van der Waals surface area contributed by atoms with Gasteiger partial charge in [0.1, 0.15) is 23.8 Å². The Kier molecular flexibility index (Phi) is 7.13. The van der Waals surface area contributed by atoms with Crippen LogP contribution in [-0.2, 0) is 6.42 Å². The number of hydrogen-bond donors (Lipinski definition) is 1. The van der Waals surface area contributed by atoms with Crippen LogP contribution in [0.3, 0.4) is 0 Å². The zero-order valence-corrected chi connectivity index (χ0v) is 22.1. The van der Waals surface area contributed by atoms with E-state index in [2.05, 4.69) is 30.0 Å². The van der Waals surface area contributed by atoms with E-state index in [4.69, 9.17) is 10.5 Å². The summed E-state index contributed by atoms with van der Waals surface area (Å²) in [5.41, 5.74) is 7.08. The zero-order valence-electron chi connectivity index (χ0n) is 22.1. The number of anilines is 2. The van der Waals surface area contributed by atoms with Crippen molar-refractivity contribution in [1.82, 2.24) is 29.5 Å². The molecule has 2 aliphatic heterocycles. The standard InChI is InChI=1S/C27H30F3N9O/c1-2-24-35-36-26-9-25(34-15-39(24)26)37-5-3-16(4-6-37)14-40-17-10-32-27(33-11-17)38-12-19(23(31)13-38)18-7-21(29)22(30)8-20(18)28/h7-11,15-16,19,23H,2-6,12-14,31H2,1H3. The average molecular weight is 554 g/mol. The molecule has 4 aromatic rings. The van der Waals surface area contributed by atoms with Crippen LogP contribution >= 0.6 is 0 Å². The van der Waals surface area contributed by atoms with E-state index in [9.17, 15) is 13.2 Å². The maximum atomic E-state index is 14.3. The number of benzene rings is 1. The number of aryl methyl sites for hydroxylation is 1. The van der Waals surface area contributed by atoms with E-state index in [0.717, 1.165) is 55.7 Å². The van der Waals surface area contributed by atoms with Crippen molar-refractivity contribution in [2.75, 3.05) is 42.6 Å². The van der Waals surface area contributed by atoms with Crippen molar-refractivity contribution in [2.24, 2.45) is 11.7 Å². The fraction of sp³-hybridized carbons (Fsp3) is 0.444. The summed E-state index contributed by atoms with van der Waals surface area (Å²) in [5.74, 6) is -0.467. The summed E-state index contributed by atoms with van der Waals surface area (Å²) in [5, 5.41) is 8.45. The summed E-state index contributed by atoms with van der Waals surface area (Å²) in [6.45, 7) is 4.99. The van der Waals surface area contributed by atoms with Crippen LogP contribution in [0.4, 0.5) is 24.9 Å². The SMILES string of the molecule is CCc1nnc2cc(N3CCC(COc4cnc(N5CC(N)C(c6cc(F)c(F)cc6F)C5)nc4)CC3)ncn12. The molecule has 40 heavy (non-hydrogen) atoms. The summed E-state index contributed by atoms with van der Waals surface area (Å²) in [6.07, 6.45) is 7.74. The second kappa shape index (κ2) is 10.9. The van der Waals surface area contributed by atoms with Gasteiger partial charge in [-0.3, -0.25) is 4.40 Å². The van der Waals surface area contributed by atoms with Crippen molar-refractivity contribution in [2.45, 2.75) is 38.1 Å². The van der Waals surface area contributed by atoms with E-state index >= 15 is 0 Å². The number of hydrogen-bond acceptors (Lipinski definition) is 9. The maximum absolute atomic E-state index is 14.3. The van der Waals surface area contributed by atoms with E-state index in [1.165, 1.54) is 0 Å². The fourth-order valence-electron chi connectivity index (χ4n) is 5.48. The molecule has 0 bridgehead atoms. The monoisotopic (exact) mass is 553 g/mol. The van der Waals surface area contributed by atoms with Gasteiger partial charge in [0.2, 0.25) is 5.95 Å². The number of nitrogens with two attached hydrogens (primary N) is 1. The van der Waals surface area contributed by atoms with Crippen LogP contribution in [-0.4, -0.2) is 68.4 Å². The highest BCUT2D eigenvalue weighted by Gasteiger charge is 2.35. The Bertz CT molecular complexity index is 1490. The first-order chi connectivity index (χ1) is 19.4. The third kappa shape index (κ3) is 5.12. The summed E-state index contributed by atoms with van der Waals surface area (Å²) in [6, 6.07) is 2.94. The molecule has 0 aliphatic carbocycles. The molecule has 0 amide bonds. The van der Waals surface area contributed by atoms with Crippen molar-refractivity contribution in [1.29, 1.82) is 0 Å². The third-order valence-corrected chi connectivity index (χ3v) is 7.80. The van der Waals surface area contributed by atoms with Gasteiger partial charge in [0.05, 0.1) is 19.0 Å². The first kappa shape index (κ1) is 26.2. The van der Waals surface area contributed by atoms with Crippen LogP contribution in [0.25, 0.3) is 5.65 Å². The van der Waals surface area contributed by atoms with E-state index in [-0.39, 0.29) is 5.56 Å². The van der Waals surface area contributed by atoms with Gasteiger partial charge in [-0.2, -0.15) is 0 Å². The summed E-state index contributed by atoms with van der Waals surface area (Å²) in [4.78, 5) is 17.5. The molecule has 2 unspecified atom stereocenters. The second-order valence-electron chi connectivity index (χ2n) is 10.4. The van der Waals surface area contributed by atoms with Gasteiger partial charge < -0.3 is 20.3 Å². The van der Waals surface area contributed by atoms with Gasteiger partial charge in [0.15, 0.2) is 23.0 Å². The minimum atomic E-state index is -1.22. The van der Waals surface area contributed by atoms with E-state index in [1.807, 2.05) is 22.3 Å². The number of aromatic nitrogens is 6. The van der Waals surface area contributed by atoms with Gasteiger partial charge in [-0.05, 0) is 30.4 Å². The largest absolute Gasteiger partial charge is 0.490 e. The highest BCUT2D eigenvalue weighted by Crippen LogP contribution is 2.32. The lowest BCUT2D eigenvalue weighted by atomic mass is 9.94. The van der Waals surface area contributed by atoms with E-state index < -0.39 is 29.4 Å². The molecule has 3 aromatic heterocycles. The summed E-state index contributed by atoms with van der Waals surface area (Å²) in [7, 11) is 0. The molecule has 1 aromatic carbocycles. The molecule has 0 saturated carbocycles. The molecule has 2 N–H and O–H groups in total. The molecule has 0 spiro atoms. The van der Waals surface area contributed by atoms with Crippen molar-refractivity contribution in [3.8, 4) is 5.75 Å². The second-order valence-corrected chi connectivity index (χ2v) is 10.4. The Morgan fingerprint density at radius 1 is 0.925 bits per heavy atom. The molecular formula is C27H30F3N9O. The molecule has 2 atom stereocenters. The summed E-state index contributed by atoms with van der Waals surface area (Å²) >= 11 is 0. The molecule has 2 aliphatic rings. The van der Waals surface area contributed by atoms with Crippen LogP contribution in [0.5, 0.6) is 5.75 Å². The van der Waals surface area contributed by atoms with Crippen molar-refractivity contribution in [3.63, 3.8) is 0 Å². The normalized spacial score (nSPS) is 20.0. The van der Waals surface area contributed by atoms with Crippen LogP contribution < -0.4 is 20.3 Å². The predicted molar refractivity (Wildman–Crippen MR) is 142 cm³/mol. The Morgan fingerprint density at radius 3 is 2.42 bits per heavy atom. The molecule has 210 valence electrons. The molecule has 10 nitrogen and oxygen atoms in total. The van der Waals surface area contributed by atoms with Gasteiger partial charge in [0, 0.05) is 56.7 Å². The van der Waals surface area contributed by atoms with Gasteiger partial charge in [-0.25, -0.2) is 28.1 Å². The van der Waals surface area contributed by atoms with Gasteiger partial charge >= 0.3 is 0 Å².